The van der Waals surface area contributed by atoms with Crippen molar-refractivity contribution in [2.75, 3.05) is 0 Å². The molecule has 0 amide bonds. The Bertz CT molecular complexity index is 1030. The number of aromatic nitrogens is 2. The number of nitriles is 1. The average Bonchev–Trinajstić information content (AvgIpc) is 2.91. The lowest BCUT2D eigenvalue weighted by Gasteiger charge is -2.18. The molecule has 1 fully saturated rings. The maximum absolute atomic E-state index is 9.44. The molecule has 0 radical (unpaired) electrons. The smallest absolute Gasteiger partial charge is 0.0992 e. The van der Waals surface area contributed by atoms with E-state index in [-0.39, 0.29) is 0 Å². The van der Waals surface area contributed by atoms with Crippen LogP contribution in [0.3, 0.4) is 0 Å². The molecule has 136 valence electrons. The molecule has 3 heteroatoms. The molecule has 5 rings (SSSR count). The molecule has 1 aromatic carbocycles. The van der Waals surface area contributed by atoms with E-state index < -0.39 is 0 Å². The number of hydrogen-bond acceptors (Lipinski definition) is 2. The first-order chi connectivity index (χ1) is 13.4. The van der Waals surface area contributed by atoms with Crippen LogP contribution in [0.2, 0.25) is 0 Å². The fourth-order valence-electron chi connectivity index (χ4n) is 5.21. The van der Waals surface area contributed by atoms with Gasteiger partial charge in [-0.2, -0.15) is 5.26 Å². The fraction of sp³-hybridized carbons (Fsp3) is 0.417. The van der Waals surface area contributed by atoms with Crippen LogP contribution in [0.5, 0.6) is 0 Å². The second-order valence-corrected chi connectivity index (χ2v) is 8.05. The SMILES string of the molecule is N#Cc1ccc2c(C3CCCCCC3)c3n(c2c1)CCCc1ncccc1-3. The van der Waals surface area contributed by atoms with Crippen molar-refractivity contribution in [2.45, 2.75) is 63.8 Å². The summed E-state index contributed by atoms with van der Waals surface area (Å²) in [4.78, 5) is 4.72. The van der Waals surface area contributed by atoms with Crippen LogP contribution in [0.4, 0.5) is 0 Å². The van der Waals surface area contributed by atoms with E-state index in [0.29, 0.717) is 5.92 Å². The van der Waals surface area contributed by atoms with Crippen molar-refractivity contribution in [3.8, 4) is 17.3 Å². The molecule has 3 heterocycles. The first kappa shape index (κ1) is 16.6. The van der Waals surface area contributed by atoms with Gasteiger partial charge in [-0.15, -0.1) is 0 Å². The maximum Gasteiger partial charge on any atom is 0.0992 e. The molecule has 1 aliphatic carbocycles. The summed E-state index contributed by atoms with van der Waals surface area (Å²) in [6.45, 7) is 1.00. The second-order valence-electron chi connectivity index (χ2n) is 8.05. The van der Waals surface area contributed by atoms with Crippen molar-refractivity contribution in [3.63, 3.8) is 0 Å². The van der Waals surface area contributed by atoms with Crippen molar-refractivity contribution < 1.29 is 0 Å². The van der Waals surface area contributed by atoms with Crippen LogP contribution in [0.25, 0.3) is 22.2 Å². The Morgan fingerprint density at radius 2 is 1.89 bits per heavy atom. The number of rotatable bonds is 1. The van der Waals surface area contributed by atoms with E-state index in [1.807, 2.05) is 12.3 Å². The first-order valence-corrected chi connectivity index (χ1v) is 10.4. The number of aryl methyl sites for hydroxylation is 2. The Kier molecular flexibility index (Phi) is 4.20. The lowest BCUT2D eigenvalue weighted by atomic mass is 9.87. The molecule has 1 aliphatic heterocycles. The van der Waals surface area contributed by atoms with Gasteiger partial charge in [-0.3, -0.25) is 4.98 Å². The highest BCUT2D eigenvalue weighted by molar-refractivity contribution is 5.94. The zero-order chi connectivity index (χ0) is 18.2. The quantitative estimate of drug-likeness (QED) is 0.505. The van der Waals surface area contributed by atoms with Crippen LogP contribution in [0.15, 0.2) is 36.5 Å². The lowest BCUT2D eigenvalue weighted by Crippen LogP contribution is -2.03. The Hall–Kier alpha value is -2.60. The van der Waals surface area contributed by atoms with Gasteiger partial charge in [0.25, 0.3) is 0 Å². The Balaban J connectivity index is 1.83. The van der Waals surface area contributed by atoms with Crippen molar-refractivity contribution >= 4 is 10.9 Å². The van der Waals surface area contributed by atoms with Crippen molar-refractivity contribution in [3.05, 3.63) is 53.3 Å². The van der Waals surface area contributed by atoms with Gasteiger partial charge in [0.15, 0.2) is 0 Å². The minimum atomic E-state index is 0.616. The van der Waals surface area contributed by atoms with Crippen LogP contribution in [-0.2, 0) is 13.0 Å². The van der Waals surface area contributed by atoms with Crippen molar-refractivity contribution in [2.24, 2.45) is 0 Å². The van der Waals surface area contributed by atoms with Gasteiger partial charge in [0, 0.05) is 29.4 Å². The molecule has 3 nitrogen and oxygen atoms in total. The molecule has 0 spiro atoms. The standard InChI is InChI=1S/C24H25N3/c25-16-17-11-12-20-22(15-17)27-14-6-10-21-19(9-5-13-26-21)24(27)23(20)18-7-3-1-2-4-8-18/h5,9,11-13,15,18H,1-4,6-8,10,14H2. The molecule has 2 aliphatic rings. The summed E-state index contributed by atoms with van der Waals surface area (Å²) in [5.74, 6) is 0.616. The second kappa shape index (κ2) is 6.85. The van der Waals surface area contributed by atoms with Gasteiger partial charge in [-0.05, 0) is 61.4 Å². The number of fused-ring (bicyclic) bond motifs is 5. The molecule has 0 N–H and O–H groups in total. The molecular weight excluding hydrogens is 330 g/mol. The number of pyridine rings is 1. The summed E-state index contributed by atoms with van der Waals surface area (Å²) in [7, 11) is 0. The highest BCUT2D eigenvalue weighted by atomic mass is 15.0. The summed E-state index contributed by atoms with van der Waals surface area (Å²) < 4.78 is 2.49. The van der Waals surface area contributed by atoms with Crippen LogP contribution >= 0.6 is 0 Å². The Morgan fingerprint density at radius 1 is 1.04 bits per heavy atom. The highest BCUT2D eigenvalue weighted by Crippen LogP contribution is 2.45. The molecule has 0 atom stereocenters. The molecular formula is C24H25N3. The van der Waals surface area contributed by atoms with Crippen LogP contribution in [0, 0.1) is 11.3 Å². The van der Waals surface area contributed by atoms with Gasteiger partial charge in [0.2, 0.25) is 0 Å². The van der Waals surface area contributed by atoms with Gasteiger partial charge < -0.3 is 4.57 Å². The minimum absolute atomic E-state index is 0.616. The van der Waals surface area contributed by atoms with Gasteiger partial charge >= 0.3 is 0 Å². The summed E-state index contributed by atoms with van der Waals surface area (Å²) in [5, 5.41) is 10.8. The Morgan fingerprint density at radius 3 is 2.70 bits per heavy atom. The fourth-order valence-corrected chi connectivity index (χ4v) is 5.21. The predicted octanol–water partition coefficient (Wildman–Crippen LogP) is 5.96. The first-order valence-electron chi connectivity index (χ1n) is 10.4. The van der Waals surface area contributed by atoms with E-state index in [2.05, 4.69) is 34.9 Å². The topological polar surface area (TPSA) is 41.6 Å². The van der Waals surface area contributed by atoms with Gasteiger partial charge in [-0.1, -0.05) is 31.7 Å². The van der Waals surface area contributed by atoms with Gasteiger partial charge in [0.1, 0.15) is 0 Å². The normalized spacial score (nSPS) is 17.6. The molecule has 3 aromatic rings. The zero-order valence-corrected chi connectivity index (χ0v) is 15.7. The van der Waals surface area contributed by atoms with Crippen LogP contribution in [-0.4, -0.2) is 9.55 Å². The highest BCUT2D eigenvalue weighted by Gasteiger charge is 2.28. The average molecular weight is 355 g/mol. The third-order valence-electron chi connectivity index (χ3n) is 6.44. The molecule has 2 aromatic heterocycles. The van der Waals surface area contributed by atoms with Crippen molar-refractivity contribution in [1.29, 1.82) is 5.26 Å². The molecule has 0 bridgehead atoms. The van der Waals surface area contributed by atoms with E-state index in [4.69, 9.17) is 4.98 Å². The number of benzene rings is 1. The maximum atomic E-state index is 9.44. The monoisotopic (exact) mass is 355 g/mol. The largest absolute Gasteiger partial charge is 0.340 e. The van der Waals surface area contributed by atoms with E-state index in [1.54, 1.807) is 0 Å². The summed E-state index contributed by atoms with van der Waals surface area (Å²) >= 11 is 0. The summed E-state index contributed by atoms with van der Waals surface area (Å²) in [5.41, 5.74) is 7.43. The number of hydrogen-bond donors (Lipinski definition) is 0. The van der Waals surface area contributed by atoms with Crippen LogP contribution < -0.4 is 0 Å². The number of nitrogens with zero attached hydrogens (tertiary/aromatic N) is 3. The van der Waals surface area contributed by atoms with Crippen LogP contribution in [0.1, 0.15) is 67.7 Å². The molecule has 27 heavy (non-hydrogen) atoms. The van der Waals surface area contributed by atoms with Gasteiger partial charge in [-0.25, -0.2) is 0 Å². The molecule has 0 saturated heterocycles. The predicted molar refractivity (Wildman–Crippen MR) is 109 cm³/mol. The van der Waals surface area contributed by atoms with E-state index in [1.165, 1.54) is 71.9 Å². The Labute approximate surface area is 160 Å². The van der Waals surface area contributed by atoms with Gasteiger partial charge in [0.05, 0.1) is 22.8 Å². The molecule has 0 unspecified atom stereocenters. The lowest BCUT2D eigenvalue weighted by molar-refractivity contribution is 0.593. The van der Waals surface area contributed by atoms with E-state index >= 15 is 0 Å². The third-order valence-corrected chi connectivity index (χ3v) is 6.44. The van der Waals surface area contributed by atoms with E-state index in [0.717, 1.165) is 24.9 Å². The third kappa shape index (κ3) is 2.75. The van der Waals surface area contributed by atoms with Crippen molar-refractivity contribution in [1.82, 2.24) is 9.55 Å². The molecule has 1 saturated carbocycles. The van der Waals surface area contributed by atoms with E-state index in [9.17, 15) is 5.26 Å². The summed E-state index contributed by atoms with van der Waals surface area (Å²) in [6, 6.07) is 13.0. The zero-order valence-electron chi connectivity index (χ0n) is 15.7. The summed E-state index contributed by atoms with van der Waals surface area (Å²) in [6.07, 6.45) is 12.0. The minimum Gasteiger partial charge on any atom is -0.340 e.